The third-order valence-corrected chi connectivity index (χ3v) is 5.12. The summed E-state index contributed by atoms with van der Waals surface area (Å²) in [6.07, 6.45) is -4.44. The Morgan fingerprint density at radius 2 is 1.88 bits per heavy atom. The summed E-state index contributed by atoms with van der Waals surface area (Å²) in [5.41, 5.74) is 13.0. The van der Waals surface area contributed by atoms with Crippen LogP contribution in [0.2, 0.25) is 0 Å². The standard InChI is InChI=1S/C22H23F4N5O2/c1-12(22(24,25)26)11-31-20(27)18(21(28)32)19(30-31)14-5-3-13(4-6-14)10-29-16-9-15(23)7-8-17(16)33-2/h3-9,12,29H,10-11,27H2,1-2H3,(H2,28,32). The number of anilines is 2. The van der Waals surface area contributed by atoms with Crippen molar-refractivity contribution in [2.45, 2.75) is 26.2 Å². The molecule has 3 rings (SSSR count). The summed E-state index contributed by atoms with van der Waals surface area (Å²) >= 11 is 0. The summed E-state index contributed by atoms with van der Waals surface area (Å²) in [6.45, 7) is 0.787. The van der Waals surface area contributed by atoms with Crippen LogP contribution in [0.4, 0.5) is 29.1 Å². The summed E-state index contributed by atoms with van der Waals surface area (Å²) in [4.78, 5) is 11.9. The first-order valence-electron chi connectivity index (χ1n) is 9.90. The highest BCUT2D eigenvalue weighted by molar-refractivity contribution is 6.03. The molecule has 1 unspecified atom stereocenters. The third kappa shape index (κ3) is 5.36. The van der Waals surface area contributed by atoms with E-state index >= 15 is 0 Å². The highest BCUT2D eigenvalue weighted by Gasteiger charge is 2.37. The maximum absolute atomic E-state index is 13.5. The summed E-state index contributed by atoms with van der Waals surface area (Å²) in [6, 6.07) is 10.8. The molecule has 1 aromatic heterocycles. The molecule has 3 aromatic rings. The quantitative estimate of drug-likeness (QED) is 0.433. The van der Waals surface area contributed by atoms with E-state index in [1.165, 1.54) is 25.3 Å². The first-order valence-corrected chi connectivity index (χ1v) is 9.90. The molecule has 0 aliphatic heterocycles. The fourth-order valence-corrected chi connectivity index (χ4v) is 3.22. The van der Waals surface area contributed by atoms with Gasteiger partial charge < -0.3 is 21.5 Å². The van der Waals surface area contributed by atoms with Crippen molar-refractivity contribution in [3.05, 3.63) is 59.4 Å². The fraction of sp³-hybridized carbons (Fsp3) is 0.273. The van der Waals surface area contributed by atoms with Crippen LogP contribution in [-0.4, -0.2) is 29.0 Å². The summed E-state index contributed by atoms with van der Waals surface area (Å²) < 4.78 is 58.5. The zero-order valence-corrected chi connectivity index (χ0v) is 17.9. The van der Waals surface area contributed by atoms with Crippen LogP contribution in [0, 0.1) is 11.7 Å². The van der Waals surface area contributed by atoms with E-state index in [1.54, 1.807) is 24.3 Å². The van der Waals surface area contributed by atoms with Gasteiger partial charge in [0.05, 0.1) is 25.3 Å². The maximum atomic E-state index is 13.5. The molecular weight excluding hydrogens is 442 g/mol. The average molecular weight is 465 g/mol. The number of methoxy groups -OCH3 is 1. The number of benzene rings is 2. The first kappa shape index (κ1) is 23.9. The van der Waals surface area contributed by atoms with Crippen LogP contribution in [0.25, 0.3) is 11.3 Å². The second kappa shape index (κ2) is 9.39. The van der Waals surface area contributed by atoms with Gasteiger partial charge in [-0.15, -0.1) is 0 Å². The normalized spacial score (nSPS) is 12.4. The number of carbonyl (C=O) groups is 1. The number of nitrogen functional groups attached to an aromatic ring is 1. The van der Waals surface area contributed by atoms with E-state index < -0.39 is 30.4 Å². The van der Waals surface area contributed by atoms with Gasteiger partial charge in [0.1, 0.15) is 28.6 Å². The van der Waals surface area contributed by atoms with Gasteiger partial charge in [0.15, 0.2) is 0 Å². The van der Waals surface area contributed by atoms with Gasteiger partial charge >= 0.3 is 6.18 Å². The number of hydrogen-bond donors (Lipinski definition) is 3. The lowest BCUT2D eigenvalue weighted by atomic mass is 10.0. The molecule has 1 heterocycles. The third-order valence-electron chi connectivity index (χ3n) is 5.12. The van der Waals surface area contributed by atoms with Crippen molar-refractivity contribution in [1.82, 2.24) is 9.78 Å². The molecule has 5 N–H and O–H groups in total. The molecule has 2 aromatic carbocycles. The number of primary amides is 1. The molecule has 1 atom stereocenters. The second-order valence-corrected chi connectivity index (χ2v) is 7.49. The number of amides is 1. The minimum absolute atomic E-state index is 0.0979. The van der Waals surface area contributed by atoms with Gasteiger partial charge in [0, 0.05) is 18.2 Å². The molecule has 1 amide bonds. The number of ether oxygens (including phenoxy) is 1. The minimum atomic E-state index is -4.44. The zero-order chi connectivity index (χ0) is 24.3. The van der Waals surface area contributed by atoms with Crippen molar-refractivity contribution in [3.8, 4) is 17.0 Å². The maximum Gasteiger partial charge on any atom is 0.393 e. The second-order valence-electron chi connectivity index (χ2n) is 7.49. The highest BCUT2D eigenvalue weighted by Crippen LogP contribution is 2.32. The molecular formula is C22H23F4N5O2. The van der Waals surface area contributed by atoms with Gasteiger partial charge in [-0.25, -0.2) is 9.07 Å². The van der Waals surface area contributed by atoms with E-state index in [1.807, 2.05) is 0 Å². The van der Waals surface area contributed by atoms with Crippen LogP contribution in [0.15, 0.2) is 42.5 Å². The minimum Gasteiger partial charge on any atom is -0.495 e. The van der Waals surface area contributed by atoms with E-state index in [0.717, 1.165) is 17.2 Å². The van der Waals surface area contributed by atoms with Crippen LogP contribution in [0.3, 0.4) is 0 Å². The molecule has 0 bridgehead atoms. The van der Waals surface area contributed by atoms with Crippen molar-refractivity contribution in [2.75, 3.05) is 18.2 Å². The number of nitrogens with one attached hydrogen (secondary N) is 1. The Labute approximate surface area is 187 Å². The lowest BCUT2D eigenvalue weighted by molar-refractivity contribution is -0.173. The lowest BCUT2D eigenvalue weighted by Crippen LogP contribution is -2.26. The average Bonchev–Trinajstić information content (AvgIpc) is 3.08. The van der Waals surface area contributed by atoms with Gasteiger partial charge in [-0.1, -0.05) is 31.2 Å². The van der Waals surface area contributed by atoms with E-state index in [2.05, 4.69) is 10.4 Å². The van der Waals surface area contributed by atoms with E-state index in [-0.39, 0.29) is 17.1 Å². The van der Waals surface area contributed by atoms with Crippen molar-refractivity contribution in [3.63, 3.8) is 0 Å². The molecule has 33 heavy (non-hydrogen) atoms. The Kier molecular flexibility index (Phi) is 6.80. The van der Waals surface area contributed by atoms with Gasteiger partial charge in [0.2, 0.25) is 0 Å². The van der Waals surface area contributed by atoms with Crippen LogP contribution < -0.4 is 21.5 Å². The Morgan fingerprint density at radius 1 is 1.21 bits per heavy atom. The molecule has 0 aliphatic carbocycles. The Balaban J connectivity index is 1.83. The molecule has 0 fully saturated rings. The zero-order valence-electron chi connectivity index (χ0n) is 17.9. The van der Waals surface area contributed by atoms with Crippen molar-refractivity contribution < 1.29 is 27.1 Å². The van der Waals surface area contributed by atoms with E-state index in [4.69, 9.17) is 16.2 Å². The number of aromatic nitrogens is 2. The number of nitrogens with two attached hydrogens (primary N) is 2. The highest BCUT2D eigenvalue weighted by atomic mass is 19.4. The van der Waals surface area contributed by atoms with Gasteiger partial charge in [-0.2, -0.15) is 18.3 Å². The molecule has 0 saturated carbocycles. The molecule has 0 radical (unpaired) electrons. The van der Waals surface area contributed by atoms with Crippen molar-refractivity contribution in [2.24, 2.45) is 11.7 Å². The summed E-state index contributed by atoms with van der Waals surface area (Å²) in [5.74, 6) is -2.77. The number of halogens is 4. The smallest absolute Gasteiger partial charge is 0.393 e. The topological polar surface area (TPSA) is 108 Å². The van der Waals surface area contributed by atoms with Gasteiger partial charge in [-0.05, 0) is 17.7 Å². The molecule has 0 saturated heterocycles. The Morgan fingerprint density at radius 3 is 2.45 bits per heavy atom. The Bertz CT molecular complexity index is 1140. The van der Waals surface area contributed by atoms with Crippen LogP contribution >= 0.6 is 0 Å². The largest absolute Gasteiger partial charge is 0.495 e. The van der Waals surface area contributed by atoms with Gasteiger partial charge in [-0.3, -0.25) is 4.79 Å². The monoisotopic (exact) mass is 465 g/mol. The number of carbonyl (C=O) groups excluding carboxylic acids is 1. The fourth-order valence-electron chi connectivity index (χ4n) is 3.22. The van der Waals surface area contributed by atoms with E-state index in [0.29, 0.717) is 23.5 Å². The van der Waals surface area contributed by atoms with Crippen LogP contribution in [0.5, 0.6) is 5.75 Å². The molecule has 0 aliphatic rings. The molecule has 176 valence electrons. The predicted octanol–water partition coefficient (Wildman–Crippen LogP) is 4.19. The molecule has 0 spiro atoms. The molecule has 7 nitrogen and oxygen atoms in total. The summed E-state index contributed by atoms with van der Waals surface area (Å²) in [5, 5.41) is 7.20. The van der Waals surface area contributed by atoms with Gasteiger partial charge in [0.25, 0.3) is 5.91 Å². The van der Waals surface area contributed by atoms with E-state index in [9.17, 15) is 22.4 Å². The predicted molar refractivity (Wildman–Crippen MR) is 116 cm³/mol. The number of rotatable bonds is 8. The lowest BCUT2D eigenvalue weighted by Gasteiger charge is -2.16. The van der Waals surface area contributed by atoms with Crippen molar-refractivity contribution >= 4 is 17.4 Å². The number of alkyl halides is 3. The van der Waals surface area contributed by atoms with Crippen LogP contribution in [-0.2, 0) is 13.1 Å². The SMILES string of the molecule is COc1ccc(F)cc1NCc1ccc(-c2nn(CC(C)C(F)(F)F)c(N)c2C(N)=O)cc1. The molecule has 11 heteroatoms. The number of hydrogen-bond acceptors (Lipinski definition) is 5. The van der Waals surface area contributed by atoms with Crippen molar-refractivity contribution in [1.29, 1.82) is 0 Å². The summed E-state index contributed by atoms with van der Waals surface area (Å²) in [7, 11) is 1.48. The number of nitrogens with zero attached hydrogens (tertiary/aromatic N) is 2. The van der Waals surface area contributed by atoms with Crippen LogP contribution in [0.1, 0.15) is 22.8 Å². The Hall–Kier alpha value is -3.76. The first-order chi connectivity index (χ1) is 15.5.